The summed E-state index contributed by atoms with van der Waals surface area (Å²) in [6.07, 6.45) is 1.98. The Morgan fingerprint density at radius 3 is 1.73 bits per heavy atom. The third-order valence-corrected chi connectivity index (χ3v) is 12.4. The summed E-state index contributed by atoms with van der Waals surface area (Å²) in [4.78, 5) is 11.7. The molecule has 60 heavy (non-hydrogen) atoms. The second-order valence-corrected chi connectivity index (χ2v) is 21.1. The topological polar surface area (TPSA) is 30.7 Å². The molecule has 304 valence electrons. The molecule has 2 aromatic heterocycles. The molecule has 0 aliphatic carbocycles. The van der Waals surface area contributed by atoms with Crippen LogP contribution in [0.1, 0.15) is 105 Å². The number of hydrogen-bond acceptors (Lipinski definition) is 3. The van der Waals surface area contributed by atoms with Gasteiger partial charge in [0.1, 0.15) is 5.82 Å². The zero-order valence-corrected chi connectivity index (χ0v) is 38.4. The van der Waals surface area contributed by atoms with Crippen LogP contribution in [0.15, 0.2) is 138 Å². The molecular weight excluding hydrogens is 747 g/mol. The van der Waals surface area contributed by atoms with E-state index in [0.717, 1.165) is 60.8 Å². The largest absolute Gasteiger partial charge is 0.292 e. The Morgan fingerprint density at radius 2 is 1.08 bits per heavy atom. The Labute approximate surface area is 363 Å². The predicted molar refractivity (Wildman–Crippen MR) is 260 cm³/mol. The van der Waals surface area contributed by atoms with E-state index >= 15 is 0 Å². The number of thiol groups is 1. The normalized spacial score (nSPS) is 12.8. The smallest absolute Gasteiger partial charge is 0.145 e. The van der Waals surface area contributed by atoms with Crippen molar-refractivity contribution in [3.8, 4) is 50.5 Å². The molecule has 8 aromatic rings. The number of para-hydroxylation sites is 1. The van der Waals surface area contributed by atoms with Crippen LogP contribution >= 0.6 is 12.6 Å². The molecule has 6 aromatic carbocycles. The lowest BCUT2D eigenvalue weighted by Gasteiger charge is -2.25. The van der Waals surface area contributed by atoms with Gasteiger partial charge in [-0.05, 0) is 121 Å². The summed E-state index contributed by atoms with van der Waals surface area (Å²) in [5.74, 6) is 0.887. The Balaban J connectivity index is 1.41. The summed E-state index contributed by atoms with van der Waals surface area (Å²) in [5.41, 5.74) is 16.8. The first-order valence-electron chi connectivity index (χ1n) is 21.3. The number of pyridine rings is 1. The van der Waals surface area contributed by atoms with Crippen LogP contribution in [0.4, 0.5) is 0 Å². The van der Waals surface area contributed by atoms with Gasteiger partial charge in [0.05, 0.1) is 16.6 Å². The lowest BCUT2D eigenvalue weighted by molar-refractivity contribution is 0.579. The molecule has 0 aliphatic rings. The van der Waals surface area contributed by atoms with Gasteiger partial charge < -0.3 is 0 Å². The van der Waals surface area contributed by atoms with Crippen molar-refractivity contribution in [2.45, 2.75) is 110 Å². The molecule has 0 atom stereocenters. The monoisotopic (exact) mass is 805 g/mol. The van der Waals surface area contributed by atoms with E-state index in [1.54, 1.807) is 0 Å². The lowest BCUT2D eigenvalue weighted by atomic mass is 9.80. The van der Waals surface area contributed by atoms with Gasteiger partial charge in [-0.1, -0.05) is 156 Å². The van der Waals surface area contributed by atoms with E-state index in [0.29, 0.717) is 0 Å². The molecule has 8 rings (SSSR count). The molecule has 2 heterocycles. The second kappa shape index (κ2) is 14.9. The Kier molecular flexibility index (Phi) is 10.3. The Hall–Kier alpha value is -5.45. The fourth-order valence-corrected chi connectivity index (χ4v) is 9.06. The first-order chi connectivity index (χ1) is 28.2. The molecule has 4 heteroatoms. The third-order valence-electron chi connectivity index (χ3n) is 11.9. The molecule has 0 saturated heterocycles. The number of hydrogen-bond donors (Lipinski definition) is 1. The molecular formula is C56H59N3S. The number of fused-ring (bicyclic) bond motifs is 2. The van der Waals surface area contributed by atoms with Crippen LogP contribution < -0.4 is 0 Å². The molecule has 3 nitrogen and oxygen atoms in total. The van der Waals surface area contributed by atoms with E-state index < -0.39 is 0 Å². The minimum absolute atomic E-state index is 0.0304. The quantitative estimate of drug-likeness (QED) is 0.176. The average molecular weight is 806 g/mol. The molecule has 0 unspecified atom stereocenters. The van der Waals surface area contributed by atoms with Crippen molar-refractivity contribution in [3.05, 3.63) is 156 Å². The number of nitrogens with zero attached hydrogens (tertiary/aromatic N) is 3. The number of benzene rings is 6. The summed E-state index contributed by atoms with van der Waals surface area (Å²) >= 11 is 5.31. The molecule has 0 fully saturated rings. The Bertz CT molecular complexity index is 2890. The van der Waals surface area contributed by atoms with Crippen LogP contribution in [0.5, 0.6) is 0 Å². The van der Waals surface area contributed by atoms with Crippen LogP contribution in [0.2, 0.25) is 0 Å². The maximum absolute atomic E-state index is 5.66. The average Bonchev–Trinajstić information content (AvgIpc) is 3.59. The van der Waals surface area contributed by atoms with Crippen LogP contribution in [0.25, 0.3) is 72.4 Å². The number of aromatic nitrogens is 3. The maximum Gasteiger partial charge on any atom is 0.145 e. The van der Waals surface area contributed by atoms with E-state index in [4.69, 9.17) is 22.6 Å². The molecule has 0 N–H and O–H groups in total. The summed E-state index contributed by atoms with van der Waals surface area (Å²) in [6, 6.07) is 46.7. The van der Waals surface area contributed by atoms with Gasteiger partial charge in [0.15, 0.2) is 0 Å². The highest BCUT2D eigenvalue weighted by atomic mass is 32.1. The summed E-state index contributed by atoms with van der Waals surface area (Å²) < 4.78 is 2.34. The Morgan fingerprint density at radius 1 is 0.450 bits per heavy atom. The van der Waals surface area contributed by atoms with Gasteiger partial charge in [-0.15, -0.1) is 12.6 Å². The molecule has 0 bridgehead atoms. The van der Waals surface area contributed by atoms with Crippen LogP contribution in [-0.4, -0.2) is 14.5 Å². The van der Waals surface area contributed by atoms with Crippen molar-refractivity contribution in [2.75, 3.05) is 0 Å². The zero-order chi connectivity index (χ0) is 42.9. The van der Waals surface area contributed by atoms with Gasteiger partial charge in [0, 0.05) is 38.9 Å². The summed E-state index contributed by atoms with van der Waals surface area (Å²) in [6.45, 7) is 27.3. The number of imidazole rings is 1. The standard InChI is InChI=1S/C56H59N3S/c1-53(2,3)39-24-26-41(27-25-39)59-48-23-17-22-42(44-31-38(35-18-14-13-15-19-35)32-47(51(44)60)56(10,11)12)50(48)58-52(59)37-21-16-20-36(30-37)43-33-40(54(4,5)6)34-45-46(55(7,8)9)28-29-57-49(43)45/h13-34,60H,1-12H3. The summed E-state index contributed by atoms with van der Waals surface area (Å²) in [7, 11) is 0. The lowest BCUT2D eigenvalue weighted by Crippen LogP contribution is -2.15. The van der Waals surface area contributed by atoms with Gasteiger partial charge in [-0.3, -0.25) is 9.55 Å². The van der Waals surface area contributed by atoms with Gasteiger partial charge in [-0.25, -0.2) is 4.98 Å². The highest BCUT2D eigenvalue weighted by Gasteiger charge is 2.26. The van der Waals surface area contributed by atoms with Gasteiger partial charge in [0.25, 0.3) is 0 Å². The van der Waals surface area contributed by atoms with Gasteiger partial charge in [-0.2, -0.15) is 0 Å². The fraction of sp³-hybridized carbons (Fsp3) is 0.286. The van der Waals surface area contributed by atoms with E-state index in [-0.39, 0.29) is 21.7 Å². The summed E-state index contributed by atoms with van der Waals surface area (Å²) in [5, 5.41) is 1.21. The zero-order valence-electron chi connectivity index (χ0n) is 37.5. The molecule has 0 saturated carbocycles. The third kappa shape index (κ3) is 7.71. The van der Waals surface area contributed by atoms with E-state index in [1.165, 1.54) is 38.8 Å². The molecule has 0 amide bonds. The number of rotatable bonds is 5. The van der Waals surface area contributed by atoms with E-state index in [9.17, 15) is 0 Å². The molecule has 0 spiro atoms. The van der Waals surface area contributed by atoms with Crippen LogP contribution in [-0.2, 0) is 21.7 Å². The van der Waals surface area contributed by atoms with Crippen molar-refractivity contribution in [2.24, 2.45) is 0 Å². The van der Waals surface area contributed by atoms with Crippen molar-refractivity contribution in [1.82, 2.24) is 14.5 Å². The maximum atomic E-state index is 5.66. The SMILES string of the molecule is CC(C)(C)c1ccc(-n2c(-c3cccc(-c4cc(C(C)(C)C)cc5c(C(C)(C)C)ccnc45)c3)nc3c(-c4cc(-c5ccccc5)cc(C(C)(C)C)c4S)cccc32)cc1. The van der Waals surface area contributed by atoms with Crippen molar-refractivity contribution < 1.29 is 0 Å². The van der Waals surface area contributed by atoms with Crippen LogP contribution in [0, 0.1) is 0 Å². The van der Waals surface area contributed by atoms with E-state index in [1.807, 2.05) is 6.20 Å². The molecule has 0 radical (unpaired) electrons. The first-order valence-corrected chi connectivity index (χ1v) is 21.7. The van der Waals surface area contributed by atoms with Gasteiger partial charge >= 0.3 is 0 Å². The highest BCUT2D eigenvalue weighted by Crippen LogP contribution is 2.44. The minimum atomic E-state index is -0.124. The predicted octanol–water partition coefficient (Wildman–Crippen LogP) is 15.7. The van der Waals surface area contributed by atoms with Crippen molar-refractivity contribution in [3.63, 3.8) is 0 Å². The fourth-order valence-electron chi connectivity index (χ4n) is 8.48. The molecule has 0 aliphatic heterocycles. The highest BCUT2D eigenvalue weighted by molar-refractivity contribution is 7.80. The first kappa shape index (κ1) is 41.3. The van der Waals surface area contributed by atoms with Crippen molar-refractivity contribution in [1.29, 1.82) is 0 Å². The van der Waals surface area contributed by atoms with E-state index in [2.05, 4.69) is 215 Å². The minimum Gasteiger partial charge on any atom is -0.292 e. The van der Waals surface area contributed by atoms with Gasteiger partial charge in [0.2, 0.25) is 0 Å². The second-order valence-electron chi connectivity index (χ2n) is 20.6. The van der Waals surface area contributed by atoms with Crippen molar-refractivity contribution >= 4 is 34.6 Å². The van der Waals surface area contributed by atoms with Crippen LogP contribution in [0.3, 0.4) is 0 Å².